The van der Waals surface area contributed by atoms with Crippen molar-refractivity contribution >= 4 is 11.0 Å². The van der Waals surface area contributed by atoms with Gasteiger partial charge in [0, 0.05) is 23.6 Å². The van der Waals surface area contributed by atoms with Crippen LogP contribution in [0.4, 0.5) is 0 Å². The van der Waals surface area contributed by atoms with E-state index in [1.807, 2.05) is 23.0 Å². The molecule has 0 fully saturated rings. The predicted octanol–water partition coefficient (Wildman–Crippen LogP) is 4.66. The third kappa shape index (κ3) is 3.43. The van der Waals surface area contributed by atoms with Crippen molar-refractivity contribution in [2.24, 2.45) is 0 Å². The van der Waals surface area contributed by atoms with Gasteiger partial charge in [-0.15, -0.1) is 0 Å². The van der Waals surface area contributed by atoms with Crippen molar-refractivity contribution in [3.05, 3.63) is 53.9 Å². The van der Waals surface area contributed by atoms with Crippen LogP contribution in [0.2, 0.25) is 0 Å². The Morgan fingerprint density at radius 2 is 2.09 bits per heavy atom. The molecule has 3 aromatic rings. The van der Waals surface area contributed by atoms with E-state index >= 15 is 0 Å². The van der Waals surface area contributed by atoms with Gasteiger partial charge in [-0.1, -0.05) is 37.7 Å². The molecular weight excluding hydrogens is 282 g/mol. The lowest BCUT2D eigenvalue weighted by molar-refractivity contribution is 0.737. The highest BCUT2D eigenvalue weighted by molar-refractivity contribution is 5.76. The van der Waals surface area contributed by atoms with Gasteiger partial charge in [0.05, 0.1) is 11.9 Å². The zero-order valence-electron chi connectivity index (χ0n) is 13.7. The molecule has 0 aliphatic heterocycles. The number of hydrogen-bond acceptors (Lipinski definition) is 2. The fourth-order valence-corrected chi connectivity index (χ4v) is 2.55. The molecule has 2 heterocycles. The van der Waals surface area contributed by atoms with Crippen molar-refractivity contribution in [3.8, 4) is 17.5 Å². The van der Waals surface area contributed by atoms with E-state index in [0.717, 1.165) is 28.7 Å². The SMILES string of the molecule is CCCCCC#Cc1cc(-n2ncc3cccnc32)ccc1C. The van der Waals surface area contributed by atoms with E-state index in [-0.39, 0.29) is 0 Å². The number of aryl methyl sites for hydroxylation is 1. The zero-order valence-corrected chi connectivity index (χ0v) is 13.7. The van der Waals surface area contributed by atoms with Crippen LogP contribution in [0.5, 0.6) is 0 Å². The van der Waals surface area contributed by atoms with E-state index in [1.54, 1.807) is 6.20 Å². The summed E-state index contributed by atoms with van der Waals surface area (Å²) in [6.45, 7) is 4.31. The summed E-state index contributed by atoms with van der Waals surface area (Å²) >= 11 is 0. The first-order valence-electron chi connectivity index (χ1n) is 8.18. The molecule has 0 aliphatic carbocycles. The average molecular weight is 303 g/mol. The molecular formula is C20H21N3. The molecule has 1 aromatic carbocycles. The van der Waals surface area contributed by atoms with Crippen molar-refractivity contribution in [2.45, 2.75) is 39.5 Å². The topological polar surface area (TPSA) is 30.7 Å². The van der Waals surface area contributed by atoms with E-state index in [2.05, 4.69) is 54.0 Å². The second kappa shape index (κ2) is 7.11. The molecule has 23 heavy (non-hydrogen) atoms. The maximum atomic E-state index is 4.46. The molecule has 0 unspecified atom stereocenters. The van der Waals surface area contributed by atoms with Gasteiger partial charge in [0.25, 0.3) is 0 Å². The van der Waals surface area contributed by atoms with E-state index in [9.17, 15) is 0 Å². The molecule has 0 atom stereocenters. The van der Waals surface area contributed by atoms with Crippen LogP contribution in [0.1, 0.15) is 43.7 Å². The van der Waals surface area contributed by atoms with Gasteiger partial charge in [0.15, 0.2) is 5.65 Å². The smallest absolute Gasteiger partial charge is 0.162 e. The number of nitrogens with zero attached hydrogens (tertiary/aromatic N) is 3. The van der Waals surface area contributed by atoms with Crippen LogP contribution in [0, 0.1) is 18.8 Å². The van der Waals surface area contributed by atoms with E-state index in [4.69, 9.17) is 0 Å². The highest BCUT2D eigenvalue weighted by Gasteiger charge is 2.06. The number of aromatic nitrogens is 3. The monoisotopic (exact) mass is 303 g/mol. The maximum Gasteiger partial charge on any atom is 0.162 e. The van der Waals surface area contributed by atoms with E-state index in [1.165, 1.54) is 24.8 Å². The van der Waals surface area contributed by atoms with Crippen LogP contribution >= 0.6 is 0 Å². The van der Waals surface area contributed by atoms with Crippen molar-refractivity contribution in [1.82, 2.24) is 14.8 Å². The van der Waals surface area contributed by atoms with Crippen LogP contribution in [-0.4, -0.2) is 14.8 Å². The van der Waals surface area contributed by atoms with Gasteiger partial charge in [-0.25, -0.2) is 9.67 Å². The van der Waals surface area contributed by atoms with Crippen molar-refractivity contribution in [1.29, 1.82) is 0 Å². The fourth-order valence-electron chi connectivity index (χ4n) is 2.55. The second-order valence-corrected chi connectivity index (χ2v) is 5.73. The van der Waals surface area contributed by atoms with Gasteiger partial charge >= 0.3 is 0 Å². The third-order valence-electron chi connectivity index (χ3n) is 3.92. The van der Waals surface area contributed by atoms with Gasteiger partial charge in [0.1, 0.15) is 0 Å². The number of fused-ring (bicyclic) bond motifs is 1. The Hall–Kier alpha value is -2.60. The molecule has 0 aliphatic rings. The summed E-state index contributed by atoms with van der Waals surface area (Å²) in [4.78, 5) is 4.43. The molecule has 0 amide bonds. The van der Waals surface area contributed by atoms with Gasteiger partial charge in [-0.2, -0.15) is 5.10 Å². The third-order valence-corrected chi connectivity index (χ3v) is 3.92. The molecule has 2 aromatic heterocycles. The number of hydrogen-bond donors (Lipinski definition) is 0. The summed E-state index contributed by atoms with van der Waals surface area (Å²) in [5, 5.41) is 5.51. The van der Waals surface area contributed by atoms with Gasteiger partial charge in [-0.05, 0) is 43.2 Å². The highest BCUT2D eigenvalue weighted by atomic mass is 15.3. The lowest BCUT2D eigenvalue weighted by Gasteiger charge is -2.05. The van der Waals surface area contributed by atoms with Crippen molar-refractivity contribution < 1.29 is 0 Å². The standard InChI is InChI=1S/C20H21N3/c1-3-4-5-6-7-9-17-14-19(12-11-16(17)2)23-20-18(15-22-23)10-8-13-21-20/h8,10-15H,3-6H2,1-2H3. The number of pyridine rings is 1. The molecule has 0 spiro atoms. The maximum absolute atomic E-state index is 4.46. The Labute approximate surface area is 137 Å². The first kappa shape index (κ1) is 15.3. The Morgan fingerprint density at radius 3 is 2.96 bits per heavy atom. The van der Waals surface area contributed by atoms with Crippen LogP contribution in [-0.2, 0) is 0 Å². The van der Waals surface area contributed by atoms with Crippen molar-refractivity contribution in [2.75, 3.05) is 0 Å². The average Bonchev–Trinajstić information content (AvgIpc) is 3.00. The molecule has 3 heteroatoms. The minimum Gasteiger partial charge on any atom is -0.237 e. The Morgan fingerprint density at radius 1 is 1.17 bits per heavy atom. The minimum atomic E-state index is 0.873. The largest absolute Gasteiger partial charge is 0.237 e. The molecule has 0 saturated heterocycles. The van der Waals surface area contributed by atoms with Gasteiger partial charge in [0.2, 0.25) is 0 Å². The fraction of sp³-hybridized carbons (Fsp3) is 0.300. The molecule has 3 rings (SSSR count). The quantitative estimate of drug-likeness (QED) is 0.518. The molecule has 0 radical (unpaired) electrons. The summed E-state index contributed by atoms with van der Waals surface area (Å²) in [6, 6.07) is 10.2. The summed E-state index contributed by atoms with van der Waals surface area (Å²) in [6.07, 6.45) is 8.26. The minimum absolute atomic E-state index is 0.873. The van der Waals surface area contributed by atoms with Gasteiger partial charge < -0.3 is 0 Å². The molecule has 0 saturated carbocycles. The predicted molar refractivity (Wildman–Crippen MR) is 94.6 cm³/mol. The van der Waals surface area contributed by atoms with Crippen LogP contribution in [0.3, 0.4) is 0 Å². The molecule has 0 N–H and O–H groups in total. The van der Waals surface area contributed by atoms with Crippen LogP contribution in [0.25, 0.3) is 16.7 Å². The summed E-state index contributed by atoms with van der Waals surface area (Å²) in [7, 11) is 0. The lowest BCUT2D eigenvalue weighted by Crippen LogP contribution is -1.98. The van der Waals surface area contributed by atoms with Crippen LogP contribution in [0.15, 0.2) is 42.7 Å². The number of benzene rings is 1. The summed E-state index contributed by atoms with van der Waals surface area (Å²) in [5.41, 5.74) is 4.14. The first-order chi connectivity index (χ1) is 11.3. The summed E-state index contributed by atoms with van der Waals surface area (Å²) < 4.78 is 1.87. The van der Waals surface area contributed by atoms with E-state index in [0.29, 0.717) is 0 Å². The van der Waals surface area contributed by atoms with Crippen molar-refractivity contribution in [3.63, 3.8) is 0 Å². The normalized spacial score (nSPS) is 10.5. The molecule has 3 nitrogen and oxygen atoms in total. The molecule has 0 bridgehead atoms. The Kier molecular flexibility index (Phi) is 4.73. The van der Waals surface area contributed by atoms with Crippen LogP contribution < -0.4 is 0 Å². The highest BCUT2D eigenvalue weighted by Crippen LogP contribution is 2.18. The first-order valence-corrected chi connectivity index (χ1v) is 8.18. The van der Waals surface area contributed by atoms with Gasteiger partial charge in [-0.3, -0.25) is 0 Å². The Balaban J connectivity index is 1.91. The number of rotatable bonds is 4. The lowest BCUT2D eigenvalue weighted by atomic mass is 10.1. The zero-order chi connectivity index (χ0) is 16.1. The Bertz CT molecular complexity index is 865. The summed E-state index contributed by atoms with van der Waals surface area (Å²) in [5.74, 6) is 6.60. The molecule has 116 valence electrons. The second-order valence-electron chi connectivity index (χ2n) is 5.73. The number of unbranched alkanes of at least 4 members (excludes halogenated alkanes) is 3. The van der Waals surface area contributed by atoms with E-state index < -0.39 is 0 Å².